The number of oxazole rings is 1. The van der Waals surface area contributed by atoms with Gasteiger partial charge in [-0.1, -0.05) is 152 Å². The average Bonchev–Trinajstić information content (AvgIpc) is 3.64. The molecule has 2 aromatic heterocycles. The Morgan fingerprint density at radius 3 is 1.98 bits per heavy atom. The van der Waals surface area contributed by atoms with Crippen molar-refractivity contribution in [2.45, 2.75) is 17.8 Å². The summed E-state index contributed by atoms with van der Waals surface area (Å²) in [7, 11) is 0. The van der Waals surface area contributed by atoms with Crippen LogP contribution in [0.25, 0.3) is 77.5 Å². The van der Waals surface area contributed by atoms with E-state index in [1.807, 2.05) is 36.4 Å². The van der Waals surface area contributed by atoms with Gasteiger partial charge in [0.2, 0.25) is 5.89 Å². The van der Waals surface area contributed by atoms with E-state index in [0.717, 1.165) is 50.6 Å². The van der Waals surface area contributed by atoms with Gasteiger partial charge in [0.15, 0.2) is 5.58 Å². The number of fused-ring (bicyclic) bond motifs is 6. The molecule has 8 aromatic carbocycles. The topological polar surface area (TPSA) is 39.2 Å². The maximum absolute atomic E-state index is 6.88. The summed E-state index contributed by atoms with van der Waals surface area (Å²) in [4.78, 5) is 5.14. The van der Waals surface area contributed by atoms with E-state index in [-0.39, 0.29) is 11.3 Å². The van der Waals surface area contributed by atoms with Crippen LogP contribution in [-0.4, -0.2) is 4.98 Å². The van der Waals surface area contributed by atoms with E-state index in [4.69, 9.17) is 13.8 Å². The number of para-hydroxylation sites is 1. The van der Waals surface area contributed by atoms with Crippen molar-refractivity contribution >= 4 is 43.8 Å². The fourth-order valence-electron chi connectivity index (χ4n) is 8.63. The summed E-state index contributed by atoms with van der Waals surface area (Å²) < 4.78 is 13.5. The lowest BCUT2D eigenvalue weighted by Gasteiger charge is -2.21. The number of nitrogens with zero attached hydrogens (tertiary/aromatic N) is 1. The second kappa shape index (κ2) is 11.7. The Hall–Kier alpha value is -6.71. The molecule has 3 heteroatoms. The minimum Gasteiger partial charge on any atom is -0.456 e. The normalized spacial score (nSPS) is 16.9. The van der Waals surface area contributed by atoms with Crippen LogP contribution in [0.3, 0.4) is 0 Å². The highest BCUT2D eigenvalue weighted by atomic mass is 16.4. The number of furan rings is 1. The summed E-state index contributed by atoms with van der Waals surface area (Å²) >= 11 is 0. The molecule has 10 aromatic rings. The maximum Gasteiger partial charge on any atom is 0.227 e. The monoisotopic (exact) mass is 679 g/mol. The standard InChI is InChI=1S/C50H33NO2/c1-3-12-32(13-4-1)38-18-11-19-40(29-38)50(31-43(50)35-25-22-34(23-26-35)39-27-24-33-14-7-8-17-37(33)28-39)42-30-44-48(53-49(51-44)36-15-5-2-6-16-36)46-41-20-9-10-21-45(41)52-47(42)46/h1-30,43H,31H2. The van der Waals surface area contributed by atoms with Crippen molar-refractivity contribution in [2.75, 3.05) is 0 Å². The highest BCUT2D eigenvalue weighted by Gasteiger charge is 2.58. The Balaban J connectivity index is 1.12. The lowest BCUT2D eigenvalue weighted by molar-refractivity contribution is 0.621. The quantitative estimate of drug-likeness (QED) is 0.176. The summed E-state index contributed by atoms with van der Waals surface area (Å²) in [5, 5.41) is 4.53. The molecule has 2 atom stereocenters. The van der Waals surface area contributed by atoms with Crippen molar-refractivity contribution in [2.24, 2.45) is 0 Å². The molecule has 2 heterocycles. The molecule has 0 saturated heterocycles. The second-order valence-corrected chi connectivity index (χ2v) is 14.3. The molecule has 2 unspecified atom stereocenters. The van der Waals surface area contributed by atoms with Gasteiger partial charge in [0.05, 0.1) is 5.39 Å². The smallest absolute Gasteiger partial charge is 0.227 e. The third-order valence-corrected chi connectivity index (χ3v) is 11.3. The first kappa shape index (κ1) is 30.0. The minimum atomic E-state index is -0.346. The van der Waals surface area contributed by atoms with Gasteiger partial charge < -0.3 is 8.83 Å². The first-order valence-electron chi connectivity index (χ1n) is 18.3. The van der Waals surface area contributed by atoms with Crippen molar-refractivity contribution in [3.63, 3.8) is 0 Å². The van der Waals surface area contributed by atoms with Crippen LogP contribution in [0.2, 0.25) is 0 Å². The Labute approximate surface area is 306 Å². The van der Waals surface area contributed by atoms with Crippen LogP contribution in [0.4, 0.5) is 0 Å². The van der Waals surface area contributed by atoms with E-state index in [2.05, 4.69) is 146 Å². The summed E-state index contributed by atoms with van der Waals surface area (Å²) in [5.74, 6) is 0.842. The van der Waals surface area contributed by atoms with Crippen LogP contribution in [0.5, 0.6) is 0 Å². The van der Waals surface area contributed by atoms with Crippen molar-refractivity contribution < 1.29 is 8.83 Å². The minimum absolute atomic E-state index is 0.230. The third-order valence-electron chi connectivity index (χ3n) is 11.3. The van der Waals surface area contributed by atoms with Crippen molar-refractivity contribution in [1.82, 2.24) is 4.98 Å². The largest absolute Gasteiger partial charge is 0.456 e. The molecule has 250 valence electrons. The maximum atomic E-state index is 6.88. The Bertz CT molecular complexity index is 2980. The number of hydrogen-bond acceptors (Lipinski definition) is 3. The summed E-state index contributed by atoms with van der Waals surface area (Å²) in [6.07, 6.45) is 0.946. The van der Waals surface area contributed by atoms with Gasteiger partial charge in [-0.3, -0.25) is 0 Å². The lowest BCUT2D eigenvalue weighted by Crippen LogP contribution is -2.13. The molecular formula is C50H33NO2. The van der Waals surface area contributed by atoms with Gasteiger partial charge in [-0.15, -0.1) is 0 Å². The molecule has 1 aliphatic rings. The van der Waals surface area contributed by atoms with Gasteiger partial charge >= 0.3 is 0 Å². The Morgan fingerprint density at radius 1 is 0.491 bits per heavy atom. The lowest BCUT2D eigenvalue weighted by atomic mass is 9.81. The van der Waals surface area contributed by atoms with Crippen molar-refractivity contribution in [1.29, 1.82) is 0 Å². The van der Waals surface area contributed by atoms with Crippen molar-refractivity contribution in [3.8, 4) is 33.7 Å². The van der Waals surface area contributed by atoms with E-state index < -0.39 is 0 Å². The predicted molar refractivity (Wildman–Crippen MR) is 216 cm³/mol. The molecule has 1 fully saturated rings. The molecule has 11 rings (SSSR count). The highest BCUT2D eigenvalue weighted by molar-refractivity contribution is 6.18. The van der Waals surface area contributed by atoms with E-state index in [1.165, 1.54) is 44.2 Å². The molecule has 1 saturated carbocycles. The van der Waals surface area contributed by atoms with Crippen LogP contribution >= 0.6 is 0 Å². The van der Waals surface area contributed by atoms with E-state index in [1.54, 1.807) is 0 Å². The van der Waals surface area contributed by atoms with Crippen LogP contribution in [0.1, 0.15) is 29.0 Å². The van der Waals surface area contributed by atoms with Crippen LogP contribution in [0, 0.1) is 0 Å². The molecule has 0 amide bonds. The zero-order chi connectivity index (χ0) is 34.9. The SMILES string of the molecule is c1ccc(-c2cccc(C3(c4cc5nc(-c6ccccc6)oc5c5c4oc4ccccc45)CC3c3ccc(-c4ccc5ccccc5c4)cc3)c2)cc1. The molecule has 1 aliphatic carbocycles. The highest BCUT2D eigenvalue weighted by Crippen LogP contribution is 2.66. The van der Waals surface area contributed by atoms with Gasteiger partial charge in [0, 0.05) is 21.9 Å². The molecule has 0 bridgehead atoms. The summed E-state index contributed by atoms with van der Waals surface area (Å²) in [5.41, 5.74) is 12.5. The number of rotatable bonds is 6. The predicted octanol–water partition coefficient (Wildman–Crippen LogP) is 13.4. The molecule has 0 N–H and O–H groups in total. The number of benzene rings is 8. The Morgan fingerprint density at radius 2 is 1.15 bits per heavy atom. The van der Waals surface area contributed by atoms with Gasteiger partial charge in [-0.2, -0.15) is 0 Å². The van der Waals surface area contributed by atoms with Crippen molar-refractivity contribution in [3.05, 3.63) is 199 Å². The molecule has 0 aliphatic heterocycles. The van der Waals surface area contributed by atoms with E-state index >= 15 is 0 Å². The summed E-state index contributed by atoms with van der Waals surface area (Å²) in [6, 6.07) is 64.9. The molecule has 53 heavy (non-hydrogen) atoms. The average molecular weight is 680 g/mol. The molecule has 0 spiro atoms. The van der Waals surface area contributed by atoms with Crippen LogP contribution < -0.4 is 0 Å². The second-order valence-electron chi connectivity index (χ2n) is 14.3. The zero-order valence-corrected chi connectivity index (χ0v) is 28.9. The third kappa shape index (κ3) is 4.78. The Kier molecular flexibility index (Phi) is 6.59. The van der Waals surface area contributed by atoms with Gasteiger partial charge in [-0.05, 0) is 86.8 Å². The van der Waals surface area contributed by atoms with Crippen LogP contribution in [-0.2, 0) is 5.41 Å². The first-order valence-corrected chi connectivity index (χ1v) is 18.3. The van der Waals surface area contributed by atoms with Gasteiger partial charge in [-0.25, -0.2) is 4.98 Å². The first-order chi connectivity index (χ1) is 26.2. The van der Waals surface area contributed by atoms with E-state index in [0.29, 0.717) is 5.89 Å². The molecular weight excluding hydrogens is 647 g/mol. The molecule has 3 nitrogen and oxygen atoms in total. The fourth-order valence-corrected chi connectivity index (χ4v) is 8.63. The van der Waals surface area contributed by atoms with Gasteiger partial charge in [0.1, 0.15) is 16.7 Å². The number of hydrogen-bond donors (Lipinski definition) is 0. The number of aromatic nitrogens is 1. The van der Waals surface area contributed by atoms with E-state index in [9.17, 15) is 0 Å². The molecule has 0 radical (unpaired) electrons. The fraction of sp³-hybridized carbons (Fsp3) is 0.0600. The summed E-state index contributed by atoms with van der Waals surface area (Å²) in [6.45, 7) is 0. The van der Waals surface area contributed by atoms with Crippen LogP contribution in [0.15, 0.2) is 191 Å². The zero-order valence-electron chi connectivity index (χ0n) is 28.9. The van der Waals surface area contributed by atoms with Gasteiger partial charge in [0.25, 0.3) is 0 Å².